The van der Waals surface area contributed by atoms with Crippen molar-refractivity contribution in [3.8, 4) is 5.75 Å². The topological polar surface area (TPSA) is 159 Å². The van der Waals surface area contributed by atoms with Crippen molar-refractivity contribution in [2.24, 2.45) is 0 Å². The van der Waals surface area contributed by atoms with Gasteiger partial charge in [-0.2, -0.15) is 0 Å². The summed E-state index contributed by atoms with van der Waals surface area (Å²) in [7, 11) is -5.43. The Morgan fingerprint density at radius 2 is 1.41 bits per heavy atom. The molecule has 0 bridgehead atoms. The lowest BCUT2D eigenvalue weighted by atomic mass is 10.2. The molecule has 0 N–H and O–H groups in total. The van der Waals surface area contributed by atoms with Crippen molar-refractivity contribution < 1.29 is 28.7 Å². The maximum atomic E-state index is 10.4. The van der Waals surface area contributed by atoms with Gasteiger partial charge in [0.1, 0.15) is 13.6 Å². The molecule has 0 saturated heterocycles. The molecule has 0 aliphatic rings. The largest absolute Gasteiger partial charge is 0.780 e. The summed E-state index contributed by atoms with van der Waals surface area (Å²) < 4.78 is 14.1. The molecule has 0 radical (unpaired) electrons. The molecule has 0 saturated carbocycles. The minimum atomic E-state index is -5.43. The molecule has 1 rings (SSSR count). The highest BCUT2D eigenvalue weighted by molar-refractivity contribution is 7.43. The van der Waals surface area contributed by atoms with Gasteiger partial charge < -0.3 is 18.9 Å². The quantitative estimate of drug-likeness (QED) is 0.406. The van der Waals surface area contributed by atoms with Gasteiger partial charge >= 0.3 is 0 Å². The summed E-state index contributed by atoms with van der Waals surface area (Å²) in [6.45, 7) is 0. The lowest BCUT2D eigenvalue weighted by Crippen LogP contribution is -2.18. The minimum Gasteiger partial charge on any atom is -0.780 e. The molecule has 11 heteroatoms. The molecule has 0 aliphatic carbocycles. The second-order valence-electron chi connectivity index (χ2n) is 2.74. The molecule has 1 aromatic carbocycles. The molecule has 0 aromatic heterocycles. The van der Waals surface area contributed by atoms with Gasteiger partial charge in [-0.1, -0.05) is 0 Å². The van der Waals surface area contributed by atoms with Crippen LogP contribution >= 0.6 is 7.82 Å². The Bertz CT molecular complexity index is 490. The van der Waals surface area contributed by atoms with E-state index in [-0.39, 0.29) is 0 Å². The first-order chi connectivity index (χ1) is 7.69. The van der Waals surface area contributed by atoms with Crippen molar-refractivity contribution in [2.75, 3.05) is 0 Å². The predicted octanol–water partition coefficient (Wildman–Crippen LogP) is -0.290. The van der Waals surface area contributed by atoms with Gasteiger partial charge in [-0.3, -0.25) is 20.2 Å². The van der Waals surface area contributed by atoms with Crippen molar-refractivity contribution in [3.05, 3.63) is 38.4 Å². The summed E-state index contributed by atoms with van der Waals surface area (Å²) in [6.07, 6.45) is 0. The highest BCUT2D eigenvalue weighted by atomic mass is 31.2. The van der Waals surface area contributed by atoms with Crippen molar-refractivity contribution in [3.63, 3.8) is 0 Å². The molecule has 0 amide bonds. The van der Waals surface area contributed by atoms with Crippen LogP contribution in [0.3, 0.4) is 0 Å². The number of hydrogen-bond donors (Lipinski definition) is 0. The first kappa shape index (κ1) is 13.0. The Hall–Kier alpha value is -2.03. The zero-order valence-electron chi connectivity index (χ0n) is 7.84. The van der Waals surface area contributed by atoms with E-state index in [4.69, 9.17) is 0 Å². The molecule has 0 spiro atoms. The predicted molar refractivity (Wildman–Crippen MR) is 48.0 cm³/mol. The number of phosphoric ester groups is 1. The Labute approximate surface area is 93.0 Å². The van der Waals surface area contributed by atoms with Gasteiger partial charge in [0.2, 0.25) is 0 Å². The molecule has 1 aromatic rings. The van der Waals surface area contributed by atoms with Crippen LogP contribution in [0.2, 0.25) is 0 Å². The van der Waals surface area contributed by atoms with Crippen molar-refractivity contribution in [2.45, 2.75) is 0 Å². The van der Waals surface area contributed by atoms with Gasteiger partial charge in [-0.05, 0) is 0 Å². The van der Waals surface area contributed by atoms with Crippen LogP contribution < -0.4 is 14.3 Å². The standard InChI is InChI=1S/C6H5N2O8P/c9-7(10)4-1-5(8(11)12)3-6(2-4)16-17(13,14)15/h1-3H,(H2,13,14,15)/p-2. The number of rotatable bonds is 4. The van der Waals surface area contributed by atoms with Gasteiger partial charge in [0.05, 0.1) is 28.0 Å². The Morgan fingerprint density at radius 1 is 1.00 bits per heavy atom. The van der Waals surface area contributed by atoms with Gasteiger partial charge in [0, 0.05) is 0 Å². The smallest absolute Gasteiger partial charge is 0.280 e. The first-order valence-electron chi connectivity index (χ1n) is 3.84. The van der Waals surface area contributed by atoms with Crippen LogP contribution in [0.5, 0.6) is 5.75 Å². The van der Waals surface area contributed by atoms with E-state index in [2.05, 4.69) is 4.52 Å². The third-order valence-corrected chi connectivity index (χ3v) is 1.95. The molecule has 0 aliphatic heterocycles. The summed E-state index contributed by atoms with van der Waals surface area (Å²) in [5.74, 6) is -0.778. The fourth-order valence-electron chi connectivity index (χ4n) is 0.961. The van der Waals surface area contributed by atoms with E-state index >= 15 is 0 Å². The molecule has 0 unspecified atom stereocenters. The number of benzene rings is 1. The molecule has 0 atom stereocenters. The number of hydrogen-bond acceptors (Lipinski definition) is 8. The first-order valence-corrected chi connectivity index (χ1v) is 5.30. The van der Waals surface area contributed by atoms with Crippen LogP contribution in [0.15, 0.2) is 18.2 Å². The lowest BCUT2D eigenvalue weighted by Gasteiger charge is -2.28. The van der Waals surface area contributed by atoms with Gasteiger partial charge in [0.25, 0.3) is 11.4 Å². The number of phosphoric acid groups is 1. The zero-order valence-corrected chi connectivity index (χ0v) is 8.73. The molecule has 10 nitrogen and oxygen atoms in total. The number of non-ortho nitro benzene ring substituents is 2. The fourth-order valence-corrected chi connectivity index (χ4v) is 1.32. The van der Waals surface area contributed by atoms with E-state index in [9.17, 15) is 34.6 Å². The summed E-state index contributed by atoms with van der Waals surface area (Å²) in [5.41, 5.74) is -1.52. The highest BCUT2D eigenvalue weighted by Gasteiger charge is 2.17. The van der Waals surface area contributed by atoms with Crippen LogP contribution in [0, 0.1) is 20.2 Å². The average molecular weight is 262 g/mol. The Balaban J connectivity index is 3.26. The van der Waals surface area contributed by atoms with Crippen LogP contribution in [-0.2, 0) is 4.57 Å². The monoisotopic (exact) mass is 262 g/mol. The summed E-state index contributed by atoms with van der Waals surface area (Å²) in [4.78, 5) is 39.4. The van der Waals surface area contributed by atoms with Crippen molar-refractivity contribution in [1.29, 1.82) is 0 Å². The second-order valence-corrected chi connectivity index (χ2v) is 3.81. The van der Waals surface area contributed by atoms with Crippen molar-refractivity contribution in [1.82, 2.24) is 0 Å². The normalized spacial score (nSPS) is 10.9. The van der Waals surface area contributed by atoms with E-state index < -0.39 is 34.8 Å². The van der Waals surface area contributed by atoms with Crippen LogP contribution in [0.1, 0.15) is 0 Å². The van der Waals surface area contributed by atoms with E-state index in [1.54, 1.807) is 0 Å². The Kier molecular flexibility index (Phi) is 3.42. The molecule has 92 valence electrons. The summed E-state index contributed by atoms with van der Waals surface area (Å²) >= 11 is 0. The highest BCUT2D eigenvalue weighted by Crippen LogP contribution is 2.34. The lowest BCUT2D eigenvalue weighted by molar-refractivity contribution is -0.394. The second kappa shape index (κ2) is 4.45. The van der Waals surface area contributed by atoms with E-state index in [1.807, 2.05) is 0 Å². The maximum absolute atomic E-state index is 10.4. The molecular weight excluding hydrogens is 259 g/mol. The number of nitro benzene ring substituents is 2. The molecular formula is C6H3N2O8P-2. The minimum absolute atomic E-state index is 0.593. The van der Waals surface area contributed by atoms with Crippen molar-refractivity contribution >= 4 is 19.2 Å². The molecule has 0 heterocycles. The Morgan fingerprint density at radius 3 is 1.71 bits per heavy atom. The average Bonchev–Trinajstić information content (AvgIpc) is 2.14. The zero-order chi connectivity index (χ0) is 13.2. The summed E-state index contributed by atoms with van der Waals surface area (Å²) in [6, 6.07) is 1.79. The van der Waals surface area contributed by atoms with Gasteiger partial charge in [-0.25, -0.2) is 0 Å². The maximum Gasteiger partial charge on any atom is 0.280 e. The molecule has 0 fully saturated rings. The fraction of sp³-hybridized carbons (Fsp3) is 0. The van der Waals surface area contributed by atoms with Gasteiger partial charge in [-0.15, -0.1) is 0 Å². The molecule has 17 heavy (non-hydrogen) atoms. The van der Waals surface area contributed by atoms with E-state index in [0.717, 1.165) is 0 Å². The third kappa shape index (κ3) is 3.79. The number of nitrogens with zero attached hydrogens (tertiary/aromatic N) is 2. The SMILES string of the molecule is O=[N+]([O-])c1cc(OP(=O)([O-])[O-])cc([N+](=O)[O-])c1. The summed E-state index contributed by atoms with van der Waals surface area (Å²) in [5, 5.41) is 20.8. The van der Waals surface area contributed by atoms with Crippen LogP contribution in [0.4, 0.5) is 11.4 Å². The van der Waals surface area contributed by atoms with Gasteiger partial charge in [0.15, 0.2) is 0 Å². The van der Waals surface area contributed by atoms with E-state index in [1.165, 1.54) is 0 Å². The van der Waals surface area contributed by atoms with Crippen LogP contribution in [0.25, 0.3) is 0 Å². The van der Waals surface area contributed by atoms with Crippen LogP contribution in [-0.4, -0.2) is 9.85 Å². The third-order valence-electron chi connectivity index (χ3n) is 1.51. The number of nitro groups is 2. The van der Waals surface area contributed by atoms with E-state index in [0.29, 0.717) is 18.2 Å².